The first-order valence-corrected chi connectivity index (χ1v) is 15.5. The molecule has 14 N–H and O–H groups in total. The van der Waals surface area contributed by atoms with Crippen LogP contribution in [0.1, 0.15) is 57.1 Å². The molecule has 0 radical (unpaired) electrons. The minimum Gasteiger partial charge on any atom is -0.480 e. The second-order valence-electron chi connectivity index (χ2n) is 11.2. The van der Waals surface area contributed by atoms with Crippen molar-refractivity contribution in [1.29, 1.82) is 0 Å². The van der Waals surface area contributed by atoms with E-state index in [4.69, 9.17) is 22.9 Å². The summed E-state index contributed by atoms with van der Waals surface area (Å²) in [6.07, 6.45) is 4.89. The maximum absolute atomic E-state index is 13.2. The fourth-order valence-electron chi connectivity index (χ4n) is 4.99. The number of nitrogens with two attached hydrogens (primary N) is 4. The number of hydrogen-bond donors (Lipinski definition) is 10. The second-order valence-corrected chi connectivity index (χ2v) is 11.2. The van der Waals surface area contributed by atoms with Crippen LogP contribution in [0.15, 0.2) is 12.5 Å². The van der Waals surface area contributed by atoms with Gasteiger partial charge >= 0.3 is 5.97 Å². The van der Waals surface area contributed by atoms with Crippen LogP contribution in [0.2, 0.25) is 0 Å². The Bertz CT molecular complexity index is 1230. The number of primary amides is 1. The van der Waals surface area contributed by atoms with Crippen molar-refractivity contribution < 1.29 is 38.7 Å². The van der Waals surface area contributed by atoms with Crippen LogP contribution in [0, 0.1) is 0 Å². The van der Waals surface area contributed by atoms with Crippen LogP contribution in [-0.2, 0) is 40.0 Å². The van der Waals surface area contributed by atoms with E-state index in [-0.39, 0.29) is 25.8 Å². The number of aliphatic carboxylic acids is 1. The second kappa shape index (κ2) is 19.8. The van der Waals surface area contributed by atoms with Crippen molar-refractivity contribution in [2.24, 2.45) is 22.9 Å². The van der Waals surface area contributed by atoms with Crippen LogP contribution in [0.25, 0.3) is 0 Å². The van der Waals surface area contributed by atoms with Gasteiger partial charge in [-0.15, -0.1) is 0 Å². The molecule has 1 aliphatic rings. The van der Waals surface area contributed by atoms with E-state index in [0.29, 0.717) is 50.9 Å². The Balaban J connectivity index is 2.05. The molecule has 0 aliphatic carbocycles. The summed E-state index contributed by atoms with van der Waals surface area (Å²) < 4.78 is 0. The number of imidazole rings is 1. The number of H-pyrrole nitrogens is 1. The number of amides is 6. The molecule has 19 nitrogen and oxygen atoms in total. The topological polar surface area (TPSA) is 324 Å². The number of rotatable bonds is 21. The predicted molar refractivity (Wildman–Crippen MR) is 166 cm³/mol. The summed E-state index contributed by atoms with van der Waals surface area (Å²) in [5.74, 6) is -5.76. The lowest BCUT2D eigenvalue weighted by Crippen LogP contribution is -2.57. The van der Waals surface area contributed by atoms with E-state index in [9.17, 15) is 38.7 Å². The molecule has 1 aromatic heterocycles. The summed E-state index contributed by atoms with van der Waals surface area (Å²) in [5.41, 5.74) is 22.6. The van der Waals surface area contributed by atoms with Gasteiger partial charge in [0, 0.05) is 19.2 Å². The highest BCUT2D eigenvalue weighted by atomic mass is 16.4. The zero-order chi connectivity index (χ0) is 34.9. The van der Waals surface area contributed by atoms with Crippen LogP contribution in [-0.4, -0.2) is 118 Å². The fourth-order valence-corrected chi connectivity index (χ4v) is 4.99. The molecule has 2 rings (SSSR count). The summed E-state index contributed by atoms with van der Waals surface area (Å²) >= 11 is 0. The fraction of sp³-hybridized carbons (Fsp3) is 0.643. The van der Waals surface area contributed by atoms with Gasteiger partial charge in [0.1, 0.15) is 24.2 Å². The molecule has 0 aromatic carbocycles. The molecule has 47 heavy (non-hydrogen) atoms. The maximum atomic E-state index is 13.2. The van der Waals surface area contributed by atoms with Crippen molar-refractivity contribution >= 4 is 41.4 Å². The molecule has 0 bridgehead atoms. The van der Waals surface area contributed by atoms with Gasteiger partial charge in [0.05, 0.1) is 31.0 Å². The number of carboxylic acids is 1. The number of hydrogen-bond acceptors (Lipinski definition) is 11. The molecule has 0 saturated carbocycles. The summed E-state index contributed by atoms with van der Waals surface area (Å²) in [5, 5.41) is 19.3. The first kappa shape index (κ1) is 38.6. The Morgan fingerprint density at radius 1 is 0.936 bits per heavy atom. The Morgan fingerprint density at radius 2 is 1.64 bits per heavy atom. The minimum absolute atomic E-state index is 0.00664. The van der Waals surface area contributed by atoms with Crippen molar-refractivity contribution in [3.63, 3.8) is 0 Å². The monoisotopic (exact) mass is 665 g/mol. The van der Waals surface area contributed by atoms with Crippen molar-refractivity contribution in [3.05, 3.63) is 18.2 Å². The van der Waals surface area contributed by atoms with Crippen molar-refractivity contribution in [1.82, 2.24) is 36.1 Å². The summed E-state index contributed by atoms with van der Waals surface area (Å²) in [7, 11) is 0. The number of nitrogens with one attached hydrogen (secondary N) is 5. The molecule has 1 aromatic rings. The van der Waals surface area contributed by atoms with Gasteiger partial charge in [-0.2, -0.15) is 0 Å². The van der Waals surface area contributed by atoms with Gasteiger partial charge in [-0.3, -0.25) is 28.8 Å². The average Bonchev–Trinajstić information content (AvgIpc) is 3.73. The van der Waals surface area contributed by atoms with Gasteiger partial charge < -0.3 is 59.2 Å². The minimum atomic E-state index is -1.49. The SMILES string of the molecule is NCCCC[C@H](NC(=O)[C@H](CC(N)=O)NC(=O)[C@@H]1CCCN1C(=O)CNC(=O)[C@H](Cc1c[nH]cn1)NC(=O)[C@@H](N)CCCN)C(=O)O. The van der Waals surface area contributed by atoms with Crippen molar-refractivity contribution in [3.8, 4) is 0 Å². The molecule has 5 atom stereocenters. The van der Waals surface area contributed by atoms with Gasteiger partial charge in [-0.25, -0.2) is 9.78 Å². The molecular formula is C28H47N11O8. The van der Waals surface area contributed by atoms with E-state index >= 15 is 0 Å². The third-order valence-electron chi connectivity index (χ3n) is 7.55. The number of carboxylic acid groups (broad SMARTS) is 1. The van der Waals surface area contributed by atoms with Gasteiger partial charge in [-0.1, -0.05) is 0 Å². The number of unbranched alkanes of at least 4 members (excludes halogenated alkanes) is 1. The van der Waals surface area contributed by atoms with Crippen LogP contribution in [0.5, 0.6) is 0 Å². The summed E-state index contributed by atoms with van der Waals surface area (Å²) in [4.78, 5) is 96.4. The predicted octanol–water partition coefficient (Wildman–Crippen LogP) is -4.33. The van der Waals surface area contributed by atoms with Gasteiger partial charge in [0.15, 0.2) is 0 Å². The first-order valence-electron chi connectivity index (χ1n) is 15.5. The average molecular weight is 666 g/mol. The van der Waals surface area contributed by atoms with Crippen LogP contribution < -0.4 is 44.2 Å². The lowest BCUT2D eigenvalue weighted by atomic mass is 10.1. The molecule has 1 saturated heterocycles. The number of carbonyl (C=O) groups excluding carboxylic acids is 6. The van der Waals surface area contributed by atoms with Crippen LogP contribution >= 0.6 is 0 Å². The van der Waals surface area contributed by atoms with Crippen molar-refractivity contribution in [2.45, 2.75) is 88.0 Å². The first-order chi connectivity index (χ1) is 22.4. The molecular weight excluding hydrogens is 618 g/mol. The summed E-state index contributed by atoms with van der Waals surface area (Å²) in [6, 6.07) is -5.82. The maximum Gasteiger partial charge on any atom is 0.326 e. The van der Waals surface area contributed by atoms with Gasteiger partial charge in [-0.05, 0) is 58.0 Å². The summed E-state index contributed by atoms with van der Waals surface area (Å²) in [6.45, 7) is 0.345. The molecule has 0 spiro atoms. The van der Waals surface area contributed by atoms with Gasteiger partial charge in [0.2, 0.25) is 35.4 Å². The van der Waals surface area contributed by atoms with E-state index in [2.05, 4.69) is 31.2 Å². The quantitative estimate of drug-likeness (QED) is 0.0557. The Hall–Kier alpha value is -4.62. The number of aromatic nitrogens is 2. The molecule has 6 amide bonds. The molecule has 262 valence electrons. The van der Waals surface area contributed by atoms with E-state index < -0.39 is 84.6 Å². The molecule has 1 aliphatic heterocycles. The third-order valence-corrected chi connectivity index (χ3v) is 7.55. The zero-order valence-electron chi connectivity index (χ0n) is 26.2. The van der Waals surface area contributed by atoms with Crippen LogP contribution in [0.4, 0.5) is 0 Å². The molecule has 1 fully saturated rings. The molecule has 0 unspecified atom stereocenters. The Morgan fingerprint density at radius 3 is 2.26 bits per heavy atom. The van der Waals surface area contributed by atoms with Gasteiger partial charge in [0.25, 0.3) is 0 Å². The highest BCUT2D eigenvalue weighted by Gasteiger charge is 2.37. The highest BCUT2D eigenvalue weighted by molar-refractivity contribution is 5.97. The van der Waals surface area contributed by atoms with E-state index in [1.54, 1.807) is 6.20 Å². The third kappa shape index (κ3) is 13.0. The number of nitrogens with zero attached hydrogens (tertiary/aromatic N) is 2. The zero-order valence-corrected chi connectivity index (χ0v) is 26.2. The highest BCUT2D eigenvalue weighted by Crippen LogP contribution is 2.18. The lowest BCUT2D eigenvalue weighted by molar-refractivity contribution is -0.143. The number of aromatic amines is 1. The lowest BCUT2D eigenvalue weighted by Gasteiger charge is -2.27. The molecule has 2 heterocycles. The molecule has 19 heteroatoms. The van der Waals surface area contributed by atoms with E-state index in [1.165, 1.54) is 11.2 Å². The number of carbonyl (C=O) groups is 7. The normalized spacial score (nSPS) is 16.7. The largest absolute Gasteiger partial charge is 0.480 e. The smallest absolute Gasteiger partial charge is 0.326 e. The van der Waals surface area contributed by atoms with E-state index in [1.807, 2.05) is 0 Å². The number of likely N-dealkylation sites (tertiary alicyclic amines) is 1. The standard InChI is InChI=1S/C28H47N11O8/c29-8-2-1-6-18(28(46)47)36-26(44)20(12-22(32)40)38-27(45)21-7-4-10-39(21)23(41)14-34-25(43)19(11-16-13-33-15-35-16)37-24(42)17(31)5-3-9-30/h13,15,17-21H,1-12,14,29-31H2,(H2,32,40)(H,33,35)(H,34,43)(H,36,44)(H,37,42)(H,38,45)(H,46,47)/t17-,18-,19-,20-,21-/m0/s1. The Labute approximate surface area is 271 Å². The van der Waals surface area contributed by atoms with Crippen molar-refractivity contribution in [2.75, 3.05) is 26.2 Å². The Kier molecular flexibility index (Phi) is 16.2. The van der Waals surface area contributed by atoms with E-state index in [0.717, 1.165) is 0 Å². The van der Waals surface area contributed by atoms with Crippen LogP contribution in [0.3, 0.4) is 0 Å².